The molecular weight excluding hydrogens is 510 g/mol. The van der Waals surface area contributed by atoms with E-state index in [9.17, 15) is 14.7 Å². The lowest BCUT2D eigenvalue weighted by Gasteiger charge is -2.47. The molecule has 0 bridgehead atoms. The van der Waals surface area contributed by atoms with Gasteiger partial charge in [0.2, 0.25) is 0 Å². The number of alkyl halides is 2. The quantitative estimate of drug-likeness (QED) is 0.201. The molecule has 0 unspecified atom stereocenters. The highest BCUT2D eigenvalue weighted by Gasteiger charge is 2.61. The van der Waals surface area contributed by atoms with Crippen molar-refractivity contribution in [1.29, 1.82) is 0 Å². The fraction of sp³-hybridized carbons (Fsp3) is 0.875. The summed E-state index contributed by atoms with van der Waals surface area (Å²) in [7, 11) is 0. The first-order valence-electron chi connectivity index (χ1n) is 10.4. The first kappa shape index (κ1) is 29.2. The van der Waals surface area contributed by atoms with Crippen LogP contribution in [-0.2, 0) is 28.5 Å². The van der Waals surface area contributed by atoms with E-state index in [1.807, 2.05) is 0 Å². The maximum atomic E-state index is 15.1. The number of azide groups is 4. The Kier molecular flexibility index (Phi) is 10.0. The van der Waals surface area contributed by atoms with Gasteiger partial charge in [0.05, 0.1) is 24.7 Å². The fourth-order valence-electron chi connectivity index (χ4n) is 3.96. The maximum Gasteiger partial charge on any atom is 0.310 e. The third kappa shape index (κ3) is 6.78. The van der Waals surface area contributed by atoms with Crippen LogP contribution >= 0.6 is 0 Å². The van der Waals surface area contributed by atoms with Gasteiger partial charge in [-0.15, -0.1) is 0 Å². The van der Waals surface area contributed by atoms with Crippen LogP contribution in [0.5, 0.6) is 0 Å². The minimum Gasteiger partial charge on any atom is -0.459 e. The molecule has 2 fully saturated rings. The molecule has 0 amide bonds. The maximum absolute atomic E-state index is 15.1. The third-order valence-electron chi connectivity index (χ3n) is 5.39. The van der Waals surface area contributed by atoms with Crippen LogP contribution in [0, 0.1) is 0 Å². The highest BCUT2D eigenvalue weighted by molar-refractivity contribution is 5.66. The standard InChI is InChI=1S/C16H20F2N12O7/c1-5(31)34-12-7(24-28-20)3-8(25-29-21)13(11(12)33)37-15-10(26-30-22)14(35-6(2)32)16(17,18)9(36-15)4-23-27-19/h7-15,33H,3-4H2,1-2H3/t7-,8+,9-,10-,11-,12+,13-,14-,15-/m1/s1. The van der Waals surface area contributed by atoms with Gasteiger partial charge < -0.3 is 24.1 Å². The van der Waals surface area contributed by atoms with Crippen molar-refractivity contribution in [1.82, 2.24) is 0 Å². The summed E-state index contributed by atoms with van der Waals surface area (Å²) in [6, 6.07) is -4.59. The second-order valence-electron chi connectivity index (χ2n) is 7.75. The van der Waals surface area contributed by atoms with Gasteiger partial charge in [-0.05, 0) is 28.5 Å². The van der Waals surface area contributed by atoms with Crippen LogP contribution in [0.2, 0.25) is 0 Å². The van der Waals surface area contributed by atoms with Crippen molar-refractivity contribution < 1.29 is 42.4 Å². The lowest BCUT2D eigenvalue weighted by atomic mass is 9.84. The van der Waals surface area contributed by atoms with Crippen molar-refractivity contribution in [2.75, 3.05) is 6.54 Å². The number of hydrogen-bond acceptors (Lipinski definition) is 11. The Labute approximate surface area is 205 Å². The van der Waals surface area contributed by atoms with Gasteiger partial charge in [-0.25, -0.2) is 0 Å². The average Bonchev–Trinajstić information content (AvgIpc) is 2.81. The van der Waals surface area contributed by atoms with E-state index < -0.39 is 79.3 Å². The summed E-state index contributed by atoms with van der Waals surface area (Å²) in [4.78, 5) is 33.2. The molecule has 0 aromatic rings. The van der Waals surface area contributed by atoms with Crippen LogP contribution in [-0.4, -0.2) is 84.4 Å². The molecule has 200 valence electrons. The van der Waals surface area contributed by atoms with Crippen molar-refractivity contribution in [2.45, 2.75) is 81.1 Å². The molecule has 1 aliphatic carbocycles. The molecule has 1 saturated carbocycles. The van der Waals surface area contributed by atoms with Crippen molar-refractivity contribution in [3.8, 4) is 0 Å². The van der Waals surface area contributed by atoms with E-state index in [-0.39, 0.29) is 6.42 Å². The lowest BCUT2D eigenvalue weighted by molar-refractivity contribution is -0.326. The van der Waals surface area contributed by atoms with Gasteiger partial charge >= 0.3 is 17.9 Å². The lowest BCUT2D eigenvalue weighted by Crippen LogP contribution is -2.65. The molecule has 21 heteroatoms. The topological polar surface area (TPSA) is 286 Å². The number of carbonyl (C=O) groups excluding carboxylic acids is 2. The molecule has 0 spiro atoms. The molecule has 0 radical (unpaired) electrons. The zero-order chi connectivity index (χ0) is 27.8. The molecule has 2 rings (SSSR count). The summed E-state index contributed by atoms with van der Waals surface area (Å²) in [5.41, 5.74) is 35.3. The Balaban J connectivity index is 2.54. The van der Waals surface area contributed by atoms with Crippen molar-refractivity contribution in [3.63, 3.8) is 0 Å². The Bertz CT molecular complexity index is 1070. The number of nitrogens with zero attached hydrogens (tertiary/aromatic N) is 12. The minimum absolute atomic E-state index is 0.321. The molecule has 2 aliphatic rings. The summed E-state index contributed by atoms with van der Waals surface area (Å²) < 4.78 is 50.8. The van der Waals surface area contributed by atoms with Crippen molar-refractivity contribution in [3.05, 3.63) is 41.8 Å². The summed E-state index contributed by atoms with van der Waals surface area (Å²) in [5.74, 6) is -6.10. The zero-order valence-electron chi connectivity index (χ0n) is 19.1. The van der Waals surface area contributed by atoms with Gasteiger partial charge in [0.15, 0.2) is 12.4 Å². The Morgan fingerprint density at radius 1 is 0.973 bits per heavy atom. The first-order chi connectivity index (χ1) is 17.5. The summed E-state index contributed by atoms with van der Waals surface area (Å²) in [6.45, 7) is 0.856. The number of hydrogen-bond donors (Lipinski definition) is 1. The van der Waals surface area contributed by atoms with Gasteiger partial charge in [0.1, 0.15) is 24.4 Å². The SMILES string of the molecule is CC(=O)O[C@@H]1[C@@H](O)[C@H](O[C@H]2O[C@H](CN=[N+]=[N-])C(F)(F)[C@H](OC(C)=O)[C@H]2N=[N+]=[N-])[C@@H](N=[N+]=[N-])C[C@H]1N=[N+]=[N-]. The normalized spacial score (nSPS) is 34.2. The Morgan fingerprint density at radius 3 is 2.05 bits per heavy atom. The molecule has 9 atom stereocenters. The molecule has 1 aliphatic heterocycles. The van der Waals surface area contributed by atoms with Crippen LogP contribution in [0.3, 0.4) is 0 Å². The number of ether oxygens (including phenoxy) is 4. The van der Waals surface area contributed by atoms with Crippen LogP contribution in [0.1, 0.15) is 20.3 Å². The van der Waals surface area contributed by atoms with Crippen LogP contribution in [0.15, 0.2) is 20.5 Å². The van der Waals surface area contributed by atoms with E-state index in [0.717, 1.165) is 13.8 Å². The summed E-state index contributed by atoms with van der Waals surface area (Å²) in [6.07, 6.45) is -12.1. The molecule has 0 aromatic heterocycles. The van der Waals surface area contributed by atoms with E-state index >= 15 is 8.78 Å². The van der Waals surface area contributed by atoms with E-state index in [4.69, 9.17) is 41.1 Å². The van der Waals surface area contributed by atoms with Gasteiger partial charge in [0, 0.05) is 33.5 Å². The van der Waals surface area contributed by atoms with Gasteiger partial charge in [0.25, 0.3) is 0 Å². The highest BCUT2D eigenvalue weighted by atomic mass is 19.3. The van der Waals surface area contributed by atoms with Crippen molar-refractivity contribution in [2.24, 2.45) is 20.5 Å². The van der Waals surface area contributed by atoms with E-state index in [0.29, 0.717) is 0 Å². The molecule has 1 heterocycles. The number of rotatable bonds is 9. The molecule has 37 heavy (non-hydrogen) atoms. The zero-order valence-corrected chi connectivity index (χ0v) is 19.1. The minimum atomic E-state index is -4.04. The summed E-state index contributed by atoms with van der Waals surface area (Å²) >= 11 is 0. The number of halogens is 2. The van der Waals surface area contributed by atoms with E-state index in [2.05, 4.69) is 40.1 Å². The fourth-order valence-corrected chi connectivity index (χ4v) is 3.96. The summed E-state index contributed by atoms with van der Waals surface area (Å²) in [5, 5.41) is 24.1. The van der Waals surface area contributed by atoms with Gasteiger partial charge in [-0.2, -0.15) is 8.78 Å². The molecule has 1 N–H and O–H groups in total. The molecule has 19 nitrogen and oxygen atoms in total. The van der Waals surface area contributed by atoms with E-state index in [1.54, 1.807) is 0 Å². The van der Waals surface area contributed by atoms with E-state index in [1.165, 1.54) is 0 Å². The molecule has 1 saturated heterocycles. The smallest absolute Gasteiger partial charge is 0.310 e. The predicted molar refractivity (Wildman–Crippen MR) is 113 cm³/mol. The largest absolute Gasteiger partial charge is 0.459 e. The highest BCUT2D eigenvalue weighted by Crippen LogP contribution is 2.41. The van der Waals surface area contributed by atoms with Crippen molar-refractivity contribution >= 4 is 11.9 Å². The Morgan fingerprint density at radius 2 is 1.54 bits per heavy atom. The second kappa shape index (κ2) is 12.8. The number of aliphatic hydroxyl groups excluding tert-OH is 1. The van der Waals surface area contributed by atoms with Crippen LogP contribution in [0.25, 0.3) is 41.8 Å². The monoisotopic (exact) mass is 530 g/mol. The van der Waals surface area contributed by atoms with Crippen LogP contribution in [0.4, 0.5) is 8.78 Å². The number of aliphatic hydroxyl groups is 1. The Hall–Kier alpha value is -4.08. The average molecular weight is 530 g/mol. The second-order valence-corrected chi connectivity index (χ2v) is 7.75. The molecule has 0 aromatic carbocycles. The number of carbonyl (C=O) groups is 2. The van der Waals surface area contributed by atoms with Gasteiger partial charge in [-0.1, -0.05) is 20.5 Å². The number of esters is 2. The third-order valence-corrected chi connectivity index (χ3v) is 5.39. The molecular formula is C16H20F2N12O7. The van der Waals surface area contributed by atoms with Gasteiger partial charge in [-0.3, -0.25) is 9.59 Å². The predicted octanol–water partition coefficient (Wildman–Crippen LogP) is 2.71. The first-order valence-corrected chi connectivity index (χ1v) is 10.4. The van der Waals surface area contributed by atoms with Crippen LogP contribution < -0.4 is 0 Å².